The van der Waals surface area contributed by atoms with Gasteiger partial charge in [-0.1, -0.05) is 0 Å². The van der Waals surface area contributed by atoms with E-state index in [1.54, 1.807) is 22.4 Å². The Kier molecular flexibility index (Phi) is 1.78. The lowest BCUT2D eigenvalue weighted by Crippen LogP contribution is -2.23. The number of nitrogens with zero attached hydrogens (tertiary/aromatic N) is 2. The number of rotatable bonds is 0. The van der Waals surface area contributed by atoms with E-state index in [2.05, 4.69) is 0 Å². The number of aromatic nitrogens is 1. The van der Waals surface area contributed by atoms with E-state index in [-0.39, 0.29) is 16.8 Å². The number of pyridine rings is 1. The number of nitrogen functional groups attached to an aromatic ring is 1. The monoisotopic (exact) mass is 193 g/mol. The number of hydrogen-bond acceptors (Lipinski definition) is 4. The van der Waals surface area contributed by atoms with Gasteiger partial charge in [0.15, 0.2) is 0 Å². The molecule has 2 rings (SSSR count). The van der Waals surface area contributed by atoms with Crippen LogP contribution in [0.15, 0.2) is 15.9 Å². The number of hydrogen-bond donors (Lipinski definition) is 1. The Balaban J connectivity index is 2.79. The molecule has 66 valence electrons. The Morgan fingerprint density at radius 2 is 2.46 bits per heavy atom. The Labute approximate surface area is 79.0 Å². The summed E-state index contributed by atoms with van der Waals surface area (Å²) in [4.78, 5) is 11.6. The first-order valence-corrected chi connectivity index (χ1v) is 4.79. The van der Waals surface area contributed by atoms with Crippen molar-refractivity contribution in [3.05, 3.63) is 22.0 Å². The summed E-state index contributed by atoms with van der Waals surface area (Å²) in [5, 5.41) is 9.54. The van der Waals surface area contributed by atoms with Gasteiger partial charge in [0.2, 0.25) is 0 Å². The summed E-state index contributed by atoms with van der Waals surface area (Å²) in [6, 6.07) is 3.52. The maximum Gasteiger partial charge on any atom is 0.271 e. The van der Waals surface area contributed by atoms with Crippen LogP contribution in [0.5, 0.6) is 0 Å². The molecule has 0 bridgehead atoms. The Morgan fingerprint density at radius 1 is 1.69 bits per heavy atom. The van der Waals surface area contributed by atoms with Gasteiger partial charge >= 0.3 is 0 Å². The molecule has 1 aromatic heterocycles. The molecule has 4 nitrogen and oxygen atoms in total. The van der Waals surface area contributed by atoms with E-state index >= 15 is 0 Å². The molecule has 0 aromatic carbocycles. The third-order valence-corrected chi connectivity index (χ3v) is 2.99. The van der Waals surface area contributed by atoms with Crippen molar-refractivity contribution in [2.45, 2.75) is 11.6 Å². The predicted octanol–water partition coefficient (Wildman–Crippen LogP) is 0.408. The van der Waals surface area contributed by atoms with Crippen molar-refractivity contribution in [2.24, 2.45) is 0 Å². The van der Waals surface area contributed by atoms with E-state index in [1.807, 2.05) is 6.07 Å². The van der Waals surface area contributed by atoms with E-state index in [1.165, 1.54) is 0 Å². The molecule has 0 aliphatic carbocycles. The van der Waals surface area contributed by atoms with Gasteiger partial charge in [0.1, 0.15) is 11.6 Å². The van der Waals surface area contributed by atoms with Crippen molar-refractivity contribution in [2.75, 3.05) is 11.5 Å². The average Bonchev–Trinajstić information content (AvgIpc) is 2.53. The molecule has 1 aliphatic heterocycles. The lowest BCUT2D eigenvalue weighted by molar-refractivity contribution is 0.692. The number of nitriles is 1. The smallest absolute Gasteiger partial charge is 0.271 e. The SMILES string of the molecule is N#Cc1c(N)cc2n(c1=O)CCS2. The number of anilines is 1. The maximum atomic E-state index is 11.6. The fourth-order valence-corrected chi connectivity index (χ4v) is 2.35. The Hall–Kier alpha value is -1.41. The molecule has 0 saturated heterocycles. The second-order valence-corrected chi connectivity index (χ2v) is 3.85. The van der Waals surface area contributed by atoms with E-state index < -0.39 is 0 Å². The highest BCUT2D eigenvalue weighted by atomic mass is 32.2. The summed E-state index contributed by atoms with van der Waals surface area (Å²) in [6.45, 7) is 0.674. The highest BCUT2D eigenvalue weighted by molar-refractivity contribution is 7.99. The molecule has 1 aliphatic rings. The van der Waals surface area contributed by atoms with Crippen LogP contribution in [0.3, 0.4) is 0 Å². The van der Waals surface area contributed by atoms with Gasteiger partial charge in [0, 0.05) is 12.3 Å². The first-order valence-electron chi connectivity index (χ1n) is 3.80. The minimum Gasteiger partial charge on any atom is -0.397 e. The molecule has 0 atom stereocenters. The molecular formula is C8H7N3OS. The minimum atomic E-state index is -0.262. The van der Waals surface area contributed by atoms with Crippen molar-refractivity contribution < 1.29 is 0 Å². The summed E-state index contributed by atoms with van der Waals surface area (Å²) in [5.41, 5.74) is 5.64. The van der Waals surface area contributed by atoms with Gasteiger partial charge in [-0.3, -0.25) is 4.79 Å². The number of fused-ring (bicyclic) bond motifs is 1. The van der Waals surface area contributed by atoms with Crippen molar-refractivity contribution in [3.63, 3.8) is 0 Å². The summed E-state index contributed by atoms with van der Waals surface area (Å²) in [5.74, 6) is 0.879. The fraction of sp³-hybridized carbons (Fsp3) is 0.250. The second kappa shape index (κ2) is 2.82. The van der Waals surface area contributed by atoms with Crippen LogP contribution in [0, 0.1) is 11.3 Å². The molecule has 2 heterocycles. The van der Waals surface area contributed by atoms with Crippen molar-refractivity contribution in [1.82, 2.24) is 4.57 Å². The molecule has 13 heavy (non-hydrogen) atoms. The average molecular weight is 193 g/mol. The first-order chi connectivity index (χ1) is 6.24. The van der Waals surface area contributed by atoms with Crippen LogP contribution in [0.4, 0.5) is 5.69 Å². The Morgan fingerprint density at radius 3 is 3.15 bits per heavy atom. The van der Waals surface area contributed by atoms with E-state index in [4.69, 9.17) is 11.0 Å². The zero-order valence-electron chi connectivity index (χ0n) is 6.78. The van der Waals surface area contributed by atoms with Gasteiger partial charge in [0.25, 0.3) is 5.56 Å². The molecule has 0 unspecified atom stereocenters. The van der Waals surface area contributed by atoms with Gasteiger partial charge in [-0.2, -0.15) is 5.26 Å². The number of thioether (sulfide) groups is 1. The number of nitrogens with two attached hydrogens (primary N) is 1. The second-order valence-electron chi connectivity index (χ2n) is 2.73. The zero-order chi connectivity index (χ0) is 9.42. The van der Waals surface area contributed by atoms with Gasteiger partial charge in [0.05, 0.1) is 10.7 Å². The maximum absolute atomic E-state index is 11.6. The fourth-order valence-electron chi connectivity index (χ4n) is 1.33. The highest BCUT2D eigenvalue weighted by Crippen LogP contribution is 2.25. The quantitative estimate of drug-likeness (QED) is 0.647. The summed E-state index contributed by atoms with van der Waals surface area (Å²) < 4.78 is 1.60. The normalized spacial score (nSPS) is 13.8. The molecule has 1 aromatic rings. The Bertz CT molecular complexity index is 457. The van der Waals surface area contributed by atoms with Crippen molar-refractivity contribution in [3.8, 4) is 6.07 Å². The molecule has 2 N–H and O–H groups in total. The molecule has 5 heteroatoms. The lowest BCUT2D eigenvalue weighted by Gasteiger charge is -2.03. The predicted molar refractivity (Wildman–Crippen MR) is 50.6 cm³/mol. The lowest BCUT2D eigenvalue weighted by atomic mass is 10.2. The zero-order valence-corrected chi connectivity index (χ0v) is 7.60. The summed E-state index contributed by atoms with van der Waals surface area (Å²) in [7, 11) is 0. The minimum absolute atomic E-state index is 0.0613. The van der Waals surface area contributed by atoms with Gasteiger partial charge < -0.3 is 10.3 Å². The highest BCUT2D eigenvalue weighted by Gasteiger charge is 2.17. The van der Waals surface area contributed by atoms with Gasteiger partial charge in [-0.15, -0.1) is 11.8 Å². The third kappa shape index (κ3) is 1.11. The third-order valence-electron chi connectivity index (χ3n) is 1.97. The van der Waals surface area contributed by atoms with Gasteiger partial charge in [-0.25, -0.2) is 0 Å². The molecule has 0 amide bonds. The van der Waals surface area contributed by atoms with Crippen LogP contribution in [0.25, 0.3) is 0 Å². The molecule has 0 radical (unpaired) electrons. The largest absolute Gasteiger partial charge is 0.397 e. The van der Waals surface area contributed by atoms with Crippen LogP contribution < -0.4 is 11.3 Å². The van der Waals surface area contributed by atoms with Crippen LogP contribution in [-0.4, -0.2) is 10.3 Å². The molecule has 0 saturated carbocycles. The van der Waals surface area contributed by atoms with Crippen LogP contribution in [-0.2, 0) is 6.54 Å². The molecule has 0 spiro atoms. The topological polar surface area (TPSA) is 71.8 Å². The van der Waals surface area contributed by atoms with E-state index in [0.717, 1.165) is 10.8 Å². The van der Waals surface area contributed by atoms with Gasteiger partial charge in [-0.05, 0) is 6.07 Å². The van der Waals surface area contributed by atoms with E-state index in [9.17, 15) is 4.79 Å². The molecule has 0 fully saturated rings. The first kappa shape index (κ1) is 8.20. The van der Waals surface area contributed by atoms with Crippen LogP contribution in [0.1, 0.15) is 5.56 Å². The van der Waals surface area contributed by atoms with E-state index in [0.29, 0.717) is 6.54 Å². The standard InChI is InChI=1S/C8H7N3OS/c9-4-5-6(10)3-7-11(8(5)12)1-2-13-7/h3H,1-2,10H2. The molecular weight excluding hydrogens is 186 g/mol. The summed E-state index contributed by atoms with van der Waals surface area (Å²) >= 11 is 1.59. The van der Waals surface area contributed by atoms with Crippen LogP contribution in [0.2, 0.25) is 0 Å². The van der Waals surface area contributed by atoms with Crippen molar-refractivity contribution >= 4 is 17.4 Å². The summed E-state index contributed by atoms with van der Waals surface area (Å²) in [6.07, 6.45) is 0. The van der Waals surface area contributed by atoms with Crippen LogP contribution >= 0.6 is 11.8 Å². The van der Waals surface area contributed by atoms with Crippen molar-refractivity contribution in [1.29, 1.82) is 5.26 Å².